The standard InChI is InChI=1S/C28H40O4/c1-19-11-15-28-16-13-22(29)24(28)27(19,4)23(30)17-26(3,25(20(28)2)32-18-31-5)14-12-21-9-7-6-8-10-21/h6-10,12,14,19-20,23-25,30H,11,13,15-18H2,1-5H3/b14-12+/t19-,20+,23-,24?,25+,26-,27+,28?/m1/s1. The molecule has 4 heteroatoms. The highest BCUT2D eigenvalue weighted by molar-refractivity contribution is 5.85. The van der Waals surface area contributed by atoms with Crippen LogP contribution in [0.1, 0.15) is 65.4 Å². The van der Waals surface area contributed by atoms with E-state index in [-0.39, 0.29) is 30.1 Å². The monoisotopic (exact) mass is 440 g/mol. The van der Waals surface area contributed by atoms with Crippen LogP contribution in [-0.4, -0.2) is 37.0 Å². The number of Topliss-reactive ketones (excluding diaryl/α,β-unsaturated/α-hetero) is 1. The van der Waals surface area contributed by atoms with Crippen LogP contribution >= 0.6 is 0 Å². The van der Waals surface area contributed by atoms with Crippen LogP contribution in [0.3, 0.4) is 0 Å². The molecule has 8 atom stereocenters. The third-order valence-corrected chi connectivity index (χ3v) is 9.64. The zero-order valence-corrected chi connectivity index (χ0v) is 20.3. The maximum atomic E-state index is 13.3. The molecule has 4 nitrogen and oxygen atoms in total. The first-order valence-corrected chi connectivity index (χ1v) is 12.2. The van der Waals surface area contributed by atoms with E-state index in [1.54, 1.807) is 7.11 Å². The molecular weight excluding hydrogens is 400 g/mol. The minimum absolute atomic E-state index is 0.0972. The number of hydrogen-bond acceptors (Lipinski definition) is 4. The summed E-state index contributed by atoms with van der Waals surface area (Å²) in [5.41, 5.74) is 0.207. The van der Waals surface area contributed by atoms with Crippen LogP contribution in [0.15, 0.2) is 36.4 Å². The van der Waals surface area contributed by atoms with E-state index in [2.05, 4.69) is 52.0 Å². The molecule has 4 rings (SSSR count). The van der Waals surface area contributed by atoms with Gasteiger partial charge in [0, 0.05) is 30.3 Å². The highest BCUT2D eigenvalue weighted by Gasteiger charge is 2.67. The van der Waals surface area contributed by atoms with Crippen LogP contribution in [0.5, 0.6) is 0 Å². The summed E-state index contributed by atoms with van der Waals surface area (Å²) in [6.45, 7) is 9.14. The lowest BCUT2D eigenvalue weighted by atomic mass is 9.44. The number of ether oxygens (including phenoxy) is 2. The van der Waals surface area contributed by atoms with E-state index >= 15 is 0 Å². The average Bonchev–Trinajstić information content (AvgIpc) is 3.13. The molecule has 0 heterocycles. The third-order valence-electron chi connectivity index (χ3n) is 9.64. The molecule has 1 aromatic rings. The Kier molecular flexibility index (Phi) is 6.43. The first kappa shape index (κ1) is 23.7. The summed E-state index contributed by atoms with van der Waals surface area (Å²) in [6, 6.07) is 10.3. The lowest BCUT2D eigenvalue weighted by Crippen LogP contribution is -2.62. The first-order valence-electron chi connectivity index (χ1n) is 12.2. The van der Waals surface area contributed by atoms with Crippen LogP contribution in [0, 0.1) is 34.0 Å². The van der Waals surface area contributed by atoms with Crippen molar-refractivity contribution < 1.29 is 19.4 Å². The van der Waals surface area contributed by atoms with Gasteiger partial charge in [-0.3, -0.25) is 4.79 Å². The average molecular weight is 441 g/mol. The molecule has 3 saturated carbocycles. The van der Waals surface area contributed by atoms with Crippen LogP contribution in [0.2, 0.25) is 0 Å². The van der Waals surface area contributed by atoms with Crippen LogP contribution in [0.25, 0.3) is 6.08 Å². The zero-order valence-electron chi connectivity index (χ0n) is 20.3. The number of carbonyl (C=O) groups is 1. The summed E-state index contributed by atoms with van der Waals surface area (Å²) < 4.78 is 11.8. The van der Waals surface area contributed by atoms with Gasteiger partial charge in [0.2, 0.25) is 0 Å². The highest BCUT2D eigenvalue weighted by atomic mass is 16.7. The van der Waals surface area contributed by atoms with Gasteiger partial charge in [0.05, 0.1) is 12.2 Å². The Balaban J connectivity index is 1.83. The normalized spacial score (nSPS) is 44.3. The SMILES string of the molecule is COCO[C@H]1[C@H](C)C23CCC(=O)C2[C@@](C)([C@H](C)CC3)[C@H](O)C[C@@]1(C)/C=C/c1ccccc1. The molecule has 0 radical (unpaired) electrons. The number of aliphatic hydroxyl groups is 1. The molecule has 0 saturated heterocycles. The lowest BCUT2D eigenvalue weighted by Gasteiger charge is -2.62. The topological polar surface area (TPSA) is 55.8 Å². The quantitative estimate of drug-likeness (QED) is 0.615. The van der Waals surface area contributed by atoms with Crippen molar-refractivity contribution in [2.24, 2.45) is 34.0 Å². The molecule has 0 amide bonds. The van der Waals surface area contributed by atoms with Crippen LogP contribution in [-0.2, 0) is 14.3 Å². The van der Waals surface area contributed by atoms with Crippen molar-refractivity contribution in [2.45, 2.75) is 72.0 Å². The van der Waals surface area contributed by atoms with Crippen LogP contribution < -0.4 is 0 Å². The number of benzene rings is 1. The van der Waals surface area contributed by atoms with Gasteiger partial charge in [-0.15, -0.1) is 0 Å². The van der Waals surface area contributed by atoms with Gasteiger partial charge in [0.1, 0.15) is 12.6 Å². The highest BCUT2D eigenvalue weighted by Crippen LogP contribution is 2.67. The Hall–Kier alpha value is -1.49. The minimum Gasteiger partial charge on any atom is -0.392 e. The molecule has 0 aliphatic heterocycles. The zero-order chi connectivity index (χ0) is 23.1. The molecule has 3 aliphatic carbocycles. The van der Waals surface area contributed by atoms with E-state index in [0.717, 1.165) is 24.8 Å². The van der Waals surface area contributed by atoms with E-state index < -0.39 is 16.9 Å². The van der Waals surface area contributed by atoms with E-state index in [1.807, 2.05) is 18.2 Å². The molecule has 3 fully saturated rings. The number of methoxy groups -OCH3 is 1. The maximum Gasteiger partial charge on any atom is 0.146 e. The number of rotatable bonds is 5. The summed E-state index contributed by atoms with van der Waals surface area (Å²) in [5, 5.41) is 11.8. The fourth-order valence-corrected chi connectivity index (χ4v) is 7.64. The number of aliphatic hydroxyl groups excluding tert-OH is 1. The number of ketones is 1. The molecule has 2 unspecified atom stereocenters. The lowest BCUT2D eigenvalue weighted by molar-refractivity contribution is -0.214. The Morgan fingerprint density at radius 3 is 2.56 bits per heavy atom. The summed E-state index contributed by atoms with van der Waals surface area (Å²) in [6.07, 6.45) is 7.83. The molecule has 2 bridgehead atoms. The second kappa shape index (κ2) is 8.70. The summed E-state index contributed by atoms with van der Waals surface area (Å²) >= 11 is 0. The van der Waals surface area contributed by atoms with Gasteiger partial charge >= 0.3 is 0 Å². The van der Waals surface area contributed by atoms with E-state index in [9.17, 15) is 9.90 Å². The fourth-order valence-electron chi connectivity index (χ4n) is 7.64. The summed E-state index contributed by atoms with van der Waals surface area (Å²) in [4.78, 5) is 13.3. The molecule has 1 N–H and O–H groups in total. The molecule has 3 aliphatic rings. The van der Waals surface area contributed by atoms with E-state index in [0.29, 0.717) is 24.5 Å². The predicted octanol–water partition coefficient (Wildman–Crippen LogP) is 5.50. The van der Waals surface area contributed by atoms with Gasteiger partial charge in [0.25, 0.3) is 0 Å². The van der Waals surface area contributed by atoms with E-state index in [1.165, 1.54) is 0 Å². The Morgan fingerprint density at radius 2 is 1.88 bits per heavy atom. The minimum atomic E-state index is -0.573. The van der Waals surface area contributed by atoms with E-state index in [4.69, 9.17) is 9.47 Å². The smallest absolute Gasteiger partial charge is 0.146 e. The Bertz CT molecular complexity index is 850. The molecule has 1 aromatic carbocycles. The number of hydrogen-bond donors (Lipinski definition) is 1. The Labute approximate surface area is 193 Å². The van der Waals surface area contributed by atoms with Gasteiger partial charge in [-0.1, -0.05) is 70.2 Å². The molecular formula is C28H40O4. The number of carbonyl (C=O) groups excluding carboxylic acids is 1. The summed E-state index contributed by atoms with van der Waals surface area (Å²) in [7, 11) is 1.65. The molecule has 32 heavy (non-hydrogen) atoms. The summed E-state index contributed by atoms with van der Waals surface area (Å²) in [5.74, 6) is 0.737. The second-order valence-electron chi connectivity index (χ2n) is 11.2. The first-order chi connectivity index (χ1) is 15.2. The Morgan fingerprint density at radius 1 is 1.16 bits per heavy atom. The molecule has 0 spiro atoms. The molecule has 176 valence electrons. The van der Waals surface area contributed by atoms with Crippen molar-refractivity contribution in [1.82, 2.24) is 0 Å². The van der Waals surface area contributed by atoms with Crippen molar-refractivity contribution in [2.75, 3.05) is 13.9 Å². The van der Waals surface area contributed by atoms with Crippen molar-refractivity contribution >= 4 is 11.9 Å². The van der Waals surface area contributed by atoms with Crippen LogP contribution in [0.4, 0.5) is 0 Å². The predicted molar refractivity (Wildman–Crippen MR) is 127 cm³/mol. The van der Waals surface area contributed by atoms with Gasteiger partial charge in [-0.2, -0.15) is 0 Å². The third kappa shape index (κ3) is 3.59. The van der Waals surface area contributed by atoms with Crippen molar-refractivity contribution in [3.05, 3.63) is 42.0 Å². The van der Waals surface area contributed by atoms with Gasteiger partial charge in [-0.25, -0.2) is 0 Å². The maximum absolute atomic E-state index is 13.3. The fraction of sp³-hybridized carbons (Fsp3) is 0.679. The van der Waals surface area contributed by atoms with Crippen molar-refractivity contribution in [1.29, 1.82) is 0 Å². The van der Waals surface area contributed by atoms with Gasteiger partial charge < -0.3 is 14.6 Å². The van der Waals surface area contributed by atoms with Gasteiger partial charge in [0.15, 0.2) is 0 Å². The van der Waals surface area contributed by atoms with Gasteiger partial charge in [-0.05, 0) is 48.5 Å². The second-order valence-corrected chi connectivity index (χ2v) is 11.2. The molecule has 0 aromatic heterocycles. The van der Waals surface area contributed by atoms with Crippen molar-refractivity contribution in [3.63, 3.8) is 0 Å². The largest absolute Gasteiger partial charge is 0.392 e. The van der Waals surface area contributed by atoms with Crippen molar-refractivity contribution in [3.8, 4) is 0 Å².